The lowest BCUT2D eigenvalue weighted by atomic mass is 10.1. The lowest BCUT2D eigenvalue weighted by Crippen LogP contribution is -2.57. The maximum atomic E-state index is 13.6. The van der Waals surface area contributed by atoms with Crippen LogP contribution in [0.1, 0.15) is 23.1 Å². The predicted octanol–water partition coefficient (Wildman–Crippen LogP) is 3.25. The van der Waals surface area contributed by atoms with E-state index in [9.17, 15) is 14.4 Å². The third-order valence-electron chi connectivity index (χ3n) is 6.40. The molecule has 186 valence electrons. The Labute approximate surface area is 213 Å². The highest BCUT2D eigenvalue weighted by Crippen LogP contribution is 2.23. The van der Waals surface area contributed by atoms with Gasteiger partial charge in [-0.25, -0.2) is 24.1 Å². The molecule has 2 aliphatic heterocycles. The molecule has 11 heteroatoms. The molecule has 10 nitrogen and oxygen atoms in total. The second-order valence-electron chi connectivity index (χ2n) is 8.70. The summed E-state index contributed by atoms with van der Waals surface area (Å²) in [7, 11) is 0. The van der Waals surface area contributed by atoms with Gasteiger partial charge in [0.2, 0.25) is 5.91 Å². The number of hydrogen-bond acceptors (Lipinski definition) is 5. The van der Waals surface area contributed by atoms with Gasteiger partial charge in [-0.1, -0.05) is 41.9 Å². The summed E-state index contributed by atoms with van der Waals surface area (Å²) >= 11 is 5.92. The molecule has 1 saturated heterocycles. The van der Waals surface area contributed by atoms with Gasteiger partial charge in [0.05, 0.1) is 18.4 Å². The van der Waals surface area contributed by atoms with E-state index in [-0.39, 0.29) is 11.9 Å². The molecule has 1 fully saturated rings. The second-order valence-corrected chi connectivity index (χ2v) is 9.14. The first-order chi connectivity index (χ1) is 17.4. The Kier molecular flexibility index (Phi) is 6.62. The maximum absolute atomic E-state index is 13.6. The van der Waals surface area contributed by atoms with Crippen LogP contribution in [-0.4, -0.2) is 68.6 Å². The van der Waals surface area contributed by atoms with Gasteiger partial charge in [0.25, 0.3) is 0 Å². The molecule has 2 aliphatic rings. The number of urea groups is 1. The van der Waals surface area contributed by atoms with Crippen molar-refractivity contribution in [3.8, 4) is 0 Å². The molecule has 1 aromatic heterocycles. The number of fused-ring (bicyclic) bond motifs is 1. The van der Waals surface area contributed by atoms with Gasteiger partial charge >= 0.3 is 12.1 Å². The Balaban J connectivity index is 1.24. The number of nitrogens with one attached hydrogen (secondary N) is 2. The molecule has 0 saturated carbocycles. The summed E-state index contributed by atoms with van der Waals surface area (Å²) < 4.78 is 1.62. The van der Waals surface area contributed by atoms with Crippen molar-refractivity contribution in [1.82, 2.24) is 29.8 Å². The number of hydrazine groups is 1. The lowest BCUT2D eigenvalue weighted by Gasteiger charge is -2.40. The normalized spacial score (nSPS) is 16.6. The van der Waals surface area contributed by atoms with Crippen molar-refractivity contribution < 1.29 is 14.4 Å². The summed E-state index contributed by atoms with van der Waals surface area (Å²) in [4.78, 5) is 45.1. The van der Waals surface area contributed by atoms with Gasteiger partial charge in [-0.05, 0) is 36.8 Å². The third-order valence-corrected chi connectivity index (χ3v) is 6.65. The minimum Gasteiger partial charge on any atom is -0.338 e. The number of nitrogens with zero attached hydrogens (tertiary/aromatic N) is 5. The molecule has 3 aromatic rings. The Morgan fingerprint density at radius 3 is 2.36 bits per heavy atom. The van der Waals surface area contributed by atoms with E-state index in [0.717, 1.165) is 5.69 Å². The van der Waals surface area contributed by atoms with Crippen LogP contribution < -0.4 is 10.6 Å². The highest BCUT2D eigenvalue weighted by Gasteiger charge is 2.36. The molecular weight excluding hydrogens is 482 g/mol. The molecule has 0 bridgehead atoms. The largest absolute Gasteiger partial charge is 0.344 e. The first kappa shape index (κ1) is 23.8. The van der Waals surface area contributed by atoms with E-state index in [4.69, 9.17) is 11.6 Å². The lowest BCUT2D eigenvalue weighted by molar-refractivity contribution is -0.137. The van der Waals surface area contributed by atoms with Crippen molar-refractivity contribution >= 4 is 35.3 Å². The fourth-order valence-electron chi connectivity index (χ4n) is 4.53. The monoisotopic (exact) mass is 507 g/mol. The molecule has 2 N–H and O–H groups in total. The van der Waals surface area contributed by atoms with Crippen molar-refractivity contribution in [2.24, 2.45) is 0 Å². The molecule has 3 heterocycles. The third kappa shape index (κ3) is 4.77. The summed E-state index contributed by atoms with van der Waals surface area (Å²) in [5, 5.41) is 9.81. The summed E-state index contributed by atoms with van der Waals surface area (Å²) in [5.41, 5.74) is 2.11. The molecule has 0 aliphatic carbocycles. The van der Waals surface area contributed by atoms with Gasteiger partial charge in [-0.15, -0.1) is 0 Å². The van der Waals surface area contributed by atoms with Crippen LogP contribution in [-0.2, 0) is 11.3 Å². The van der Waals surface area contributed by atoms with Gasteiger partial charge in [0, 0.05) is 36.9 Å². The van der Waals surface area contributed by atoms with E-state index in [2.05, 4.69) is 15.6 Å². The van der Waals surface area contributed by atoms with E-state index in [0.29, 0.717) is 54.8 Å². The van der Waals surface area contributed by atoms with Crippen LogP contribution in [0.4, 0.5) is 15.3 Å². The number of hydrogen-bond donors (Lipinski definition) is 2. The number of aryl methyl sites for hydroxylation is 1. The topological polar surface area (TPSA) is 103 Å². The number of piperazine rings is 1. The number of carbonyl (C=O) groups is 3. The number of rotatable bonds is 5. The van der Waals surface area contributed by atoms with E-state index in [1.54, 1.807) is 51.9 Å². The smallest absolute Gasteiger partial charge is 0.338 e. The Bertz CT molecular complexity index is 1270. The van der Waals surface area contributed by atoms with Gasteiger partial charge in [-0.3, -0.25) is 9.80 Å². The fourth-order valence-corrected chi connectivity index (χ4v) is 4.65. The number of anilines is 1. The summed E-state index contributed by atoms with van der Waals surface area (Å²) in [6.07, 6.45) is 1.72. The van der Waals surface area contributed by atoms with Gasteiger partial charge in [0.1, 0.15) is 11.9 Å². The molecule has 4 amide bonds. The Hall–Kier alpha value is -3.89. The van der Waals surface area contributed by atoms with Gasteiger partial charge in [0.15, 0.2) is 0 Å². The number of carbonyl (C=O) groups excluding carboxylic acids is 3. The van der Waals surface area contributed by atoms with Crippen LogP contribution in [0, 0.1) is 6.92 Å². The van der Waals surface area contributed by atoms with Crippen LogP contribution >= 0.6 is 11.6 Å². The zero-order chi connectivity index (χ0) is 25.2. The Morgan fingerprint density at radius 2 is 1.69 bits per heavy atom. The highest BCUT2D eigenvalue weighted by molar-refractivity contribution is 6.30. The zero-order valence-corrected chi connectivity index (χ0v) is 20.5. The van der Waals surface area contributed by atoms with Crippen LogP contribution in [0.5, 0.6) is 0 Å². The van der Waals surface area contributed by atoms with Gasteiger partial charge in [-0.2, -0.15) is 0 Å². The zero-order valence-electron chi connectivity index (χ0n) is 19.7. The Morgan fingerprint density at radius 1 is 1.00 bits per heavy atom. The average Bonchev–Trinajstić information content (AvgIpc) is 3.43. The van der Waals surface area contributed by atoms with E-state index in [1.807, 2.05) is 35.3 Å². The minimum absolute atomic E-state index is 0.123. The molecule has 36 heavy (non-hydrogen) atoms. The molecule has 5 rings (SSSR count). The van der Waals surface area contributed by atoms with E-state index >= 15 is 0 Å². The SMILES string of the molecule is Cc1ncc2n1C(=O)N(N1CCN(C(=O)[C@H](NC(=O)Nc3ccc(Cl)cc3)c3ccccc3)CC1)C2. The van der Waals surface area contributed by atoms with E-state index < -0.39 is 12.1 Å². The molecule has 0 radical (unpaired) electrons. The van der Waals surface area contributed by atoms with Crippen molar-refractivity contribution in [3.05, 3.63) is 82.9 Å². The van der Waals surface area contributed by atoms with Crippen molar-refractivity contribution in [3.63, 3.8) is 0 Å². The second kappa shape index (κ2) is 10.00. The van der Waals surface area contributed by atoms with Crippen molar-refractivity contribution in [1.29, 1.82) is 0 Å². The van der Waals surface area contributed by atoms with Crippen molar-refractivity contribution in [2.75, 3.05) is 31.5 Å². The average molecular weight is 508 g/mol. The van der Waals surface area contributed by atoms with E-state index in [1.165, 1.54) is 0 Å². The summed E-state index contributed by atoms with van der Waals surface area (Å²) in [6, 6.07) is 14.4. The minimum atomic E-state index is -0.854. The predicted molar refractivity (Wildman–Crippen MR) is 134 cm³/mol. The van der Waals surface area contributed by atoms with Gasteiger partial charge < -0.3 is 15.5 Å². The maximum Gasteiger partial charge on any atom is 0.344 e. The molecule has 0 unspecified atom stereocenters. The molecule has 0 spiro atoms. The number of halogens is 1. The van der Waals surface area contributed by atoms with Crippen LogP contribution in [0.3, 0.4) is 0 Å². The fraction of sp³-hybridized carbons (Fsp3) is 0.280. The van der Waals surface area contributed by atoms with Crippen LogP contribution in [0.25, 0.3) is 0 Å². The number of benzene rings is 2. The number of imidazole rings is 1. The first-order valence-corrected chi connectivity index (χ1v) is 12.1. The number of aromatic nitrogens is 2. The standard InChI is InChI=1S/C25H26ClN7O3/c1-17-27-15-21-16-32(25(36)33(17)21)31-13-11-30(12-14-31)23(34)22(18-5-3-2-4-6-18)29-24(35)28-20-9-7-19(26)8-10-20/h2-10,15,22H,11-14,16H2,1H3,(H2,28,29,35)/t22-/m1/s1. The van der Waals surface area contributed by atoms with Crippen LogP contribution in [0.15, 0.2) is 60.8 Å². The molecule has 1 atom stereocenters. The molecule has 2 aromatic carbocycles. The van der Waals surface area contributed by atoms with Crippen molar-refractivity contribution in [2.45, 2.75) is 19.5 Å². The quantitative estimate of drug-likeness (QED) is 0.552. The summed E-state index contributed by atoms with van der Waals surface area (Å²) in [6.45, 7) is 4.14. The summed E-state index contributed by atoms with van der Waals surface area (Å²) in [5.74, 6) is 0.464. The number of amides is 4. The first-order valence-electron chi connectivity index (χ1n) is 11.7. The highest BCUT2D eigenvalue weighted by atomic mass is 35.5. The molecular formula is C25H26ClN7O3. The van der Waals surface area contributed by atoms with Crippen LogP contribution in [0.2, 0.25) is 5.02 Å².